The van der Waals surface area contributed by atoms with Gasteiger partial charge in [-0.05, 0) is 62.8 Å². The summed E-state index contributed by atoms with van der Waals surface area (Å²) in [5.74, 6) is -7.00. The molecule has 234 valence electrons. The molecule has 45 heavy (non-hydrogen) atoms. The summed E-state index contributed by atoms with van der Waals surface area (Å²) in [5.41, 5.74) is 1.67. The summed E-state index contributed by atoms with van der Waals surface area (Å²) in [6.07, 6.45) is -1.34. The number of anilines is 2. The van der Waals surface area contributed by atoms with E-state index < -0.39 is 70.3 Å². The number of aliphatic hydroxyl groups is 3. The largest absolute Gasteiger partial charge is 0.510 e. The maximum atomic E-state index is 14.1. The quantitative estimate of drug-likeness (QED) is 0.149. The van der Waals surface area contributed by atoms with Gasteiger partial charge in [0.2, 0.25) is 0 Å². The van der Waals surface area contributed by atoms with Gasteiger partial charge in [-0.3, -0.25) is 19.3 Å². The Kier molecular flexibility index (Phi) is 7.54. The number of carbonyl (C=O) groups is 3. The van der Waals surface area contributed by atoms with E-state index in [2.05, 4.69) is 10.3 Å². The van der Waals surface area contributed by atoms with E-state index in [0.29, 0.717) is 16.4 Å². The SMILES string of the molecule is COc1ccc(-c2csc(Nc3ccc4c(c3O)C(O)=C3C(=O)C5C(=O)C(C(C)=O)=C(O)C(N(C)C)C5C(O)C3C4C)n2)cc1. The van der Waals surface area contributed by atoms with Crippen LogP contribution in [0.5, 0.6) is 11.5 Å². The summed E-state index contributed by atoms with van der Waals surface area (Å²) in [4.78, 5) is 46.3. The molecular weight excluding hydrogens is 598 g/mol. The zero-order valence-electron chi connectivity index (χ0n) is 25.2. The third kappa shape index (κ3) is 4.63. The molecule has 0 amide bonds. The second-order valence-corrected chi connectivity index (χ2v) is 12.8. The number of rotatable bonds is 6. The van der Waals surface area contributed by atoms with Crippen LogP contribution in [0.2, 0.25) is 0 Å². The van der Waals surface area contributed by atoms with E-state index in [1.807, 2.05) is 29.6 Å². The van der Waals surface area contributed by atoms with Gasteiger partial charge in [-0.1, -0.05) is 13.0 Å². The second kappa shape index (κ2) is 11.1. The van der Waals surface area contributed by atoms with E-state index in [1.54, 1.807) is 45.2 Å². The van der Waals surface area contributed by atoms with Gasteiger partial charge in [-0.25, -0.2) is 4.98 Å². The molecule has 12 heteroatoms. The van der Waals surface area contributed by atoms with Gasteiger partial charge in [0.1, 0.15) is 28.6 Å². The minimum absolute atomic E-state index is 0.0160. The molecule has 0 bridgehead atoms. The molecule has 2 aromatic carbocycles. The van der Waals surface area contributed by atoms with Gasteiger partial charge < -0.3 is 30.5 Å². The number of phenolic OH excluding ortho intramolecular Hbond substituents is 1. The number of likely N-dealkylation sites (N-methyl/N-ethyl adjacent to an activating group) is 1. The van der Waals surface area contributed by atoms with Gasteiger partial charge in [0.15, 0.2) is 22.5 Å². The Balaban J connectivity index is 1.40. The predicted octanol–water partition coefficient (Wildman–Crippen LogP) is 4.36. The molecule has 1 aromatic heterocycles. The molecule has 6 unspecified atom stereocenters. The zero-order chi connectivity index (χ0) is 32.5. The first kappa shape index (κ1) is 30.5. The zero-order valence-corrected chi connectivity index (χ0v) is 26.0. The van der Waals surface area contributed by atoms with Crippen LogP contribution in [0.3, 0.4) is 0 Å². The Morgan fingerprint density at radius 1 is 1.04 bits per heavy atom. The van der Waals surface area contributed by atoms with Crippen LogP contribution >= 0.6 is 11.3 Å². The maximum absolute atomic E-state index is 14.1. The van der Waals surface area contributed by atoms with Crippen LogP contribution in [0.25, 0.3) is 17.0 Å². The van der Waals surface area contributed by atoms with E-state index in [4.69, 9.17) is 4.74 Å². The molecule has 0 spiro atoms. The summed E-state index contributed by atoms with van der Waals surface area (Å²) >= 11 is 1.31. The Labute approximate surface area is 263 Å². The number of aliphatic hydroxyl groups excluding tert-OH is 3. The fraction of sp³-hybridized carbons (Fsp3) is 0.333. The van der Waals surface area contributed by atoms with Crippen molar-refractivity contribution >= 4 is 45.3 Å². The van der Waals surface area contributed by atoms with E-state index in [-0.39, 0.29) is 22.6 Å². The molecule has 3 aliphatic carbocycles. The third-order valence-electron chi connectivity index (χ3n) is 9.23. The molecule has 1 fully saturated rings. The van der Waals surface area contributed by atoms with Crippen molar-refractivity contribution in [2.75, 3.05) is 26.5 Å². The van der Waals surface area contributed by atoms with Crippen LogP contribution in [-0.4, -0.2) is 81.0 Å². The number of ether oxygens (including phenoxy) is 1. The lowest BCUT2D eigenvalue weighted by Gasteiger charge is -2.50. The normalized spacial score (nSPS) is 26.0. The van der Waals surface area contributed by atoms with Crippen LogP contribution < -0.4 is 10.1 Å². The molecule has 1 saturated carbocycles. The molecular formula is C33H33N3O8S. The molecule has 0 aliphatic heterocycles. The highest BCUT2D eigenvalue weighted by atomic mass is 32.1. The number of fused-ring (bicyclic) bond motifs is 3. The number of hydrogen-bond donors (Lipinski definition) is 5. The summed E-state index contributed by atoms with van der Waals surface area (Å²) in [6, 6.07) is 9.78. The minimum atomic E-state index is -1.50. The van der Waals surface area contributed by atoms with Crippen molar-refractivity contribution in [1.82, 2.24) is 9.88 Å². The number of methoxy groups -OCH3 is 1. The Morgan fingerprint density at radius 2 is 1.73 bits per heavy atom. The number of aromatic hydroxyl groups is 1. The lowest BCUT2D eigenvalue weighted by molar-refractivity contribution is -0.143. The van der Waals surface area contributed by atoms with Gasteiger partial charge >= 0.3 is 0 Å². The van der Waals surface area contributed by atoms with E-state index >= 15 is 0 Å². The van der Waals surface area contributed by atoms with Gasteiger partial charge in [0.05, 0.1) is 42.1 Å². The van der Waals surface area contributed by atoms with Crippen molar-refractivity contribution in [3.63, 3.8) is 0 Å². The van der Waals surface area contributed by atoms with E-state index in [1.165, 1.54) is 11.3 Å². The molecule has 0 radical (unpaired) electrons. The van der Waals surface area contributed by atoms with Crippen LogP contribution in [-0.2, 0) is 14.4 Å². The number of nitrogens with one attached hydrogen (secondary N) is 1. The average molecular weight is 632 g/mol. The fourth-order valence-electron chi connectivity index (χ4n) is 7.16. The first-order valence-corrected chi connectivity index (χ1v) is 15.3. The number of hydrogen-bond acceptors (Lipinski definition) is 12. The summed E-state index contributed by atoms with van der Waals surface area (Å²) in [5, 5.41) is 51.2. The molecule has 6 atom stereocenters. The van der Waals surface area contributed by atoms with Crippen LogP contribution in [0, 0.1) is 17.8 Å². The van der Waals surface area contributed by atoms with Crippen molar-refractivity contribution in [1.29, 1.82) is 0 Å². The van der Waals surface area contributed by atoms with Crippen molar-refractivity contribution < 1.29 is 39.5 Å². The molecule has 11 nitrogen and oxygen atoms in total. The monoisotopic (exact) mass is 631 g/mol. The average Bonchev–Trinajstić information content (AvgIpc) is 3.46. The third-order valence-corrected chi connectivity index (χ3v) is 9.99. The maximum Gasteiger partial charge on any atom is 0.187 e. The van der Waals surface area contributed by atoms with Crippen LogP contribution in [0.15, 0.2) is 58.7 Å². The topological polar surface area (TPSA) is 170 Å². The first-order chi connectivity index (χ1) is 21.4. The molecule has 3 aromatic rings. The van der Waals surface area contributed by atoms with Crippen LogP contribution in [0.1, 0.15) is 30.9 Å². The summed E-state index contributed by atoms with van der Waals surface area (Å²) in [6.45, 7) is 2.90. The molecule has 6 rings (SSSR count). The number of allylic oxidation sites excluding steroid dienone is 1. The lowest BCUT2D eigenvalue weighted by Crippen LogP contribution is -2.61. The first-order valence-electron chi connectivity index (χ1n) is 14.4. The van der Waals surface area contributed by atoms with E-state index in [9.17, 15) is 34.8 Å². The highest BCUT2D eigenvalue weighted by Crippen LogP contribution is 2.55. The van der Waals surface area contributed by atoms with Gasteiger partial charge in [0.25, 0.3) is 0 Å². The van der Waals surface area contributed by atoms with Crippen molar-refractivity contribution in [2.24, 2.45) is 17.8 Å². The molecule has 0 saturated heterocycles. The Hall–Kier alpha value is -4.52. The summed E-state index contributed by atoms with van der Waals surface area (Å²) < 4.78 is 5.21. The number of ketones is 3. The van der Waals surface area contributed by atoms with Crippen LogP contribution in [0.4, 0.5) is 10.8 Å². The standard InChI is InChI=1S/C33H33N3O8S/c1-13-17-10-11-18(34-33-35-19(12-45-33)15-6-8-16(44-5)9-7-15)27(38)22(17)30(41)24-20(13)28(39)23-25(31(24)42)29(40)21(14(2)37)32(43)26(23)36(3)4/h6-13,20,23,25-26,28,38-39,41,43H,1-5H3,(H,34,35). The van der Waals surface area contributed by atoms with Crippen molar-refractivity contribution in [2.45, 2.75) is 31.9 Å². The number of phenols is 1. The van der Waals surface area contributed by atoms with Gasteiger partial charge in [-0.15, -0.1) is 11.3 Å². The smallest absolute Gasteiger partial charge is 0.187 e. The van der Waals surface area contributed by atoms with E-state index in [0.717, 1.165) is 18.2 Å². The number of benzene rings is 2. The number of thiazole rings is 1. The highest BCUT2D eigenvalue weighted by molar-refractivity contribution is 7.14. The van der Waals surface area contributed by atoms with Crippen molar-refractivity contribution in [3.05, 3.63) is 69.8 Å². The fourth-order valence-corrected chi connectivity index (χ4v) is 7.89. The Bertz CT molecular complexity index is 1810. The Morgan fingerprint density at radius 3 is 2.36 bits per heavy atom. The number of aromatic nitrogens is 1. The lowest BCUT2D eigenvalue weighted by atomic mass is 9.56. The molecule has 1 heterocycles. The minimum Gasteiger partial charge on any atom is -0.510 e. The number of carbonyl (C=O) groups excluding carboxylic acids is 3. The summed E-state index contributed by atoms with van der Waals surface area (Å²) in [7, 11) is 4.84. The predicted molar refractivity (Wildman–Crippen MR) is 168 cm³/mol. The number of Topliss-reactive ketones (excluding diaryl/α,β-unsaturated/α-hetero) is 3. The van der Waals surface area contributed by atoms with Gasteiger partial charge in [0, 0.05) is 28.4 Å². The molecule has 3 aliphatic rings. The van der Waals surface area contributed by atoms with Crippen molar-refractivity contribution in [3.8, 4) is 22.8 Å². The molecule has 5 N–H and O–H groups in total. The second-order valence-electron chi connectivity index (χ2n) is 11.9. The van der Waals surface area contributed by atoms with Gasteiger partial charge in [-0.2, -0.15) is 0 Å². The number of nitrogens with zero attached hydrogens (tertiary/aromatic N) is 2. The highest BCUT2D eigenvalue weighted by Gasteiger charge is 2.60.